The van der Waals surface area contributed by atoms with Crippen LogP contribution in [0.15, 0.2) is 54.7 Å². The summed E-state index contributed by atoms with van der Waals surface area (Å²) in [5, 5.41) is 1.10. The smallest absolute Gasteiger partial charge is 0.296 e. The number of aryl methyl sites for hydroxylation is 1. The van der Waals surface area contributed by atoms with Crippen LogP contribution < -0.4 is 4.74 Å². The van der Waals surface area contributed by atoms with Crippen molar-refractivity contribution in [1.82, 2.24) is 9.88 Å². The van der Waals surface area contributed by atoms with E-state index in [0.29, 0.717) is 18.6 Å². The Hall–Kier alpha value is -3.09. The van der Waals surface area contributed by atoms with Crippen LogP contribution in [0.25, 0.3) is 22.0 Å². The highest BCUT2D eigenvalue weighted by atomic mass is 19.3. The third-order valence-corrected chi connectivity index (χ3v) is 7.10. The van der Waals surface area contributed by atoms with E-state index in [-0.39, 0.29) is 19.2 Å². The second-order valence-electron chi connectivity index (χ2n) is 9.13. The van der Waals surface area contributed by atoms with Gasteiger partial charge < -0.3 is 9.64 Å². The minimum atomic E-state index is -3.57. The molecular weight excluding hydrogens is 429 g/mol. The van der Waals surface area contributed by atoms with Crippen LogP contribution in [0.4, 0.5) is 13.2 Å². The van der Waals surface area contributed by atoms with Crippen molar-refractivity contribution in [2.24, 2.45) is 5.41 Å². The Kier molecular flexibility index (Phi) is 5.10. The van der Waals surface area contributed by atoms with Gasteiger partial charge in [0.25, 0.3) is 5.92 Å². The molecule has 2 heterocycles. The van der Waals surface area contributed by atoms with Gasteiger partial charge in [0.2, 0.25) is 5.91 Å². The highest BCUT2D eigenvalue weighted by Crippen LogP contribution is 2.63. The molecule has 0 N–H and O–H groups in total. The lowest BCUT2D eigenvalue weighted by molar-refractivity contribution is -0.142. The van der Waals surface area contributed by atoms with E-state index in [2.05, 4.69) is 24.0 Å². The molecule has 1 aliphatic carbocycles. The second-order valence-corrected chi connectivity index (χ2v) is 9.13. The summed E-state index contributed by atoms with van der Waals surface area (Å²) >= 11 is 0. The molecule has 1 aromatic heterocycles. The number of pyridine rings is 1. The van der Waals surface area contributed by atoms with Crippen LogP contribution in [-0.2, 0) is 4.79 Å². The Labute approximate surface area is 190 Å². The first kappa shape index (κ1) is 21.7. The van der Waals surface area contributed by atoms with Crippen molar-refractivity contribution in [1.29, 1.82) is 0 Å². The normalized spacial score (nSPS) is 24.6. The Balaban J connectivity index is 1.22. The molecule has 1 amide bonds. The third kappa shape index (κ3) is 3.45. The minimum absolute atomic E-state index is 0.125. The van der Waals surface area contributed by atoms with Crippen molar-refractivity contribution in [2.45, 2.75) is 44.9 Å². The van der Waals surface area contributed by atoms with Gasteiger partial charge in [-0.25, -0.2) is 13.2 Å². The van der Waals surface area contributed by atoms with Crippen LogP contribution in [-0.4, -0.2) is 47.1 Å². The summed E-state index contributed by atoms with van der Waals surface area (Å²) in [6.45, 7) is 3.64. The van der Waals surface area contributed by atoms with Gasteiger partial charge in [-0.15, -0.1) is 0 Å². The number of alkyl halides is 3. The first-order chi connectivity index (χ1) is 15.7. The summed E-state index contributed by atoms with van der Waals surface area (Å²) in [6, 6.07) is 15.9. The Bertz CT molecular complexity index is 1210. The zero-order chi connectivity index (χ0) is 23.4. The van der Waals surface area contributed by atoms with Crippen LogP contribution in [0, 0.1) is 12.3 Å². The molecule has 1 saturated heterocycles. The summed E-state index contributed by atoms with van der Waals surface area (Å²) < 4.78 is 46.7. The van der Waals surface area contributed by atoms with Crippen molar-refractivity contribution in [3.63, 3.8) is 0 Å². The molecular formula is C26H25F3N2O2. The minimum Gasteiger partial charge on any atom is -0.490 e. The first-order valence-corrected chi connectivity index (χ1v) is 11.2. The topological polar surface area (TPSA) is 42.4 Å². The number of hydrogen-bond donors (Lipinski definition) is 0. The molecule has 4 nitrogen and oxygen atoms in total. The average molecular weight is 454 g/mol. The van der Waals surface area contributed by atoms with E-state index in [0.717, 1.165) is 34.5 Å². The predicted octanol–water partition coefficient (Wildman–Crippen LogP) is 5.57. The van der Waals surface area contributed by atoms with Crippen molar-refractivity contribution < 1.29 is 22.7 Å². The number of amides is 1. The zero-order valence-corrected chi connectivity index (χ0v) is 18.5. The second kappa shape index (κ2) is 7.75. The molecule has 2 fully saturated rings. The van der Waals surface area contributed by atoms with Gasteiger partial charge in [-0.05, 0) is 48.7 Å². The maximum absolute atomic E-state index is 13.6. The van der Waals surface area contributed by atoms with Gasteiger partial charge in [-0.1, -0.05) is 30.3 Å². The van der Waals surface area contributed by atoms with Gasteiger partial charge in [-0.2, -0.15) is 0 Å². The summed E-state index contributed by atoms with van der Waals surface area (Å²) in [5.74, 6) is -3.66. The van der Waals surface area contributed by atoms with Gasteiger partial charge in [0.05, 0.1) is 5.52 Å². The summed E-state index contributed by atoms with van der Waals surface area (Å²) in [6.07, 6.45) is 0.303. The molecule has 1 saturated carbocycles. The number of fused-ring (bicyclic) bond motifs is 1. The highest BCUT2D eigenvalue weighted by molar-refractivity contribution is 5.89. The van der Waals surface area contributed by atoms with Gasteiger partial charge in [-0.3, -0.25) is 9.78 Å². The first-order valence-electron chi connectivity index (χ1n) is 11.2. The monoisotopic (exact) mass is 454 g/mol. The number of carbonyl (C=O) groups excluding carboxylic acids is 1. The molecule has 3 aromatic rings. The maximum Gasteiger partial charge on any atom is 0.296 e. The van der Waals surface area contributed by atoms with Crippen molar-refractivity contribution in [3.8, 4) is 16.9 Å². The SMILES string of the molecule is Cc1c(-c2ccc(OC3CCN(C(=O)C4(C)C(F)C4(F)F)CC3)cc2)ccc2cccnc12. The molecule has 0 spiro atoms. The van der Waals surface area contributed by atoms with Crippen LogP contribution in [0.3, 0.4) is 0 Å². The fourth-order valence-electron chi connectivity index (χ4n) is 4.75. The average Bonchev–Trinajstić information content (AvgIpc) is 3.24. The number of piperidine rings is 1. The standard InChI is InChI=1S/C26H25F3N2O2/c1-16-21(10-7-18-4-3-13-30-22(16)18)17-5-8-19(9-6-17)33-20-11-14-31(15-12-20)24(32)25(2)23(27)26(25,28)29/h3-10,13,20,23H,11-12,14-15H2,1-2H3. The molecule has 1 aliphatic heterocycles. The number of ether oxygens (including phenoxy) is 1. The molecule has 0 radical (unpaired) electrons. The zero-order valence-electron chi connectivity index (χ0n) is 18.5. The lowest BCUT2D eigenvalue weighted by Gasteiger charge is -2.33. The number of likely N-dealkylation sites (tertiary alicyclic amines) is 1. The maximum atomic E-state index is 13.6. The van der Waals surface area contributed by atoms with Crippen LogP contribution in [0.5, 0.6) is 5.75 Å². The van der Waals surface area contributed by atoms with Crippen molar-refractivity contribution >= 4 is 16.8 Å². The van der Waals surface area contributed by atoms with Gasteiger partial charge >= 0.3 is 0 Å². The van der Waals surface area contributed by atoms with Crippen LogP contribution in [0.1, 0.15) is 25.3 Å². The highest BCUT2D eigenvalue weighted by Gasteiger charge is 2.84. The van der Waals surface area contributed by atoms with E-state index in [4.69, 9.17) is 4.74 Å². The predicted molar refractivity (Wildman–Crippen MR) is 120 cm³/mol. The van der Waals surface area contributed by atoms with Crippen LogP contribution >= 0.6 is 0 Å². The molecule has 33 heavy (non-hydrogen) atoms. The number of benzene rings is 2. The number of hydrogen-bond acceptors (Lipinski definition) is 3. The molecule has 2 unspecified atom stereocenters. The lowest BCUT2D eigenvalue weighted by Crippen LogP contribution is -2.46. The largest absolute Gasteiger partial charge is 0.490 e. The van der Waals surface area contributed by atoms with Crippen LogP contribution in [0.2, 0.25) is 0 Å². The quantitative estimate of drug-likeness (QED) is 0.517. The van der Waals surface area contributed by atoms with E-state index < -0.39 is 23.4 Å². The lowest BCUT2D eigenvalue weighted by atomic mass is 9.98. The molecule has 172 valence electrons. The van der Waals surface area contributed by atoms with E-state index in [1.165, 1.54) is 4.90 Å². The molecule has 7 heteroatoms. The summed E-state index contributed by atoms with van der Waals surface area (Å²) in [7, 11) is 0. The number of halogens is 3. The van der Waals surface area contributed by atoms with Crippen molar-refractivity contribution in [2.75, 3.05) is 13.1 Å². The van der Waals surface area contributed by atoms with E-state index in [1.54, 1.807) is 6.20 Å². The van der Waals surface area contributed by atoms with Gasteiger partial charge in [0, 0.05) is 37.5 Å². The van der Waals surface area contributed by atoms with E-state index >= 15 is 0 Å². The Morgan fingerprint density at radius 2 is 1.76 bits per heavy atom. The third-order valence-electron chi connectivity index (χ3n) is 7.10. The van der Waals surface area contributed by atoms with Gasteiger partial charge in [0.15, 0.2) is 6.17 Å². The molecule has 2 aromatic carbocycles. The Morgan fingerprint density at radius 3 is 2.39 bits per heavy atom. The Morgan fingerprint density at radius 1 is 1.09 bits per heavy atom. The number of carbonyl (C=O) groups is 1. The summed E-state index contributed by atoms with van der Waals surface area (Å²) in [5.41, 5.74) is 2.05. The van der Waals surface area contributed by atoms with Crippen molar-refractivity contribution in [3.05, 3.63) is 60.3 Å². The van der Waals surface area contributed by atoms with E-state index in [1.807, 2.05) is 36.4 Å². The molecule has 2 atom stereocenters. The molecule has 0 bridgehead atoms. The summed E-state index contributed by atoms with van der Waals surface area (Å²) in [4.78, 5) is 18.3. The number of aromatic nitrogens is 1. The fourth-order valence-corrected chi connectivity index (χ4v) is 4.75. The molecule has 2 aliphatic rings. The molecule has 5 rings (SSSR count). The van der Waals surface area contributed by atoms with Gasteiger partial charge in [0.1, 0.15) is 17.3 Å². The number of rotatable bonds is 4. The number of nitrogens with zero attached hydrogens (tertiary/aromatic N) is 2. The fraction of sp³-hybridized carbons (Fsp3) is 0.385. The van der Waals surface area contributed by atoms with E-state index in [9.17, 15) is 18.0 Å².